The number of esters is 1. The van der Waals surface area contributed by atoms with Crippen molar-refractivity contribution < 1.29 is 18.7 Å². The number of hydrogen-bond donors (Lipinski definition) is 0. The van der Waals surface area contributed by atoms with E-state index < -0.39 is 18.3 Å². The van der Waals surface area contributed by atoms with Gasteiger partial charge in [0.15, 0.2) is 11.1 Å². The van der Waals surface area contributed by atoms with Crippen LogP contribution < -0.4 is 10.5 Å². The number of anilines is 1. The smallest absolute Gasteiger partial charge is 0.315 e. The Labute approximate surface area is 174 Å². The molecule has 0 unspecified atom stereocenters. The van der Waals surface area contributed by atoms with E-state index in [9.17, 15) is 14.4 Å². The lowest BCUT2D eigenvalue weighted by atomic mass is 10.1. The molecule has 0 N–H and O–H groups in total. The van der Waals surface area contributed by atoms with Crippen molar-refractivity contribution in [2.24, 2.45) is 0 Å². The van der Waals surface area contributed by atoms with Gasteiger partial charge in [0.1, 0.15) is 6.42 Å². The molecule has 0 atom stereocenters. The van der Waals surface area contributed by atoms with Gasteiger partial charge in [-0.25, -0.2) is 0 Å². The minimum absolute atomic E-state index is 0.0261. The number of oxazole rings is 1. The van der Waals surface area contributed by atoms with Crippen LogP contribution in [-0.2, 0) is 14.3 Å². The van der Waals surface area contributed by atoms with Crippen LogP contribution in [0.25, 0.3) is 22.0 Å². The molecule has 152 valence electrons. The molecule has 0 radical (unpaired) electrons. The zero-order valence-corrected chi connectivity index (χ0v) is 17.9. The zero-order valence-electron chi connectivity index (χ0n) is 16.3. The minimum atomic E-state index is -0.623. The number of aromatic nitrogens is 2. The van der Waals surface area contributed by atoms with Crippen LogP contribution in [0.2, 0.25) is 0 Å². The first-order chi connectivity index (χ1) is 13.8. The maximum atomic E-state index is 13.2. The molecule has 1 saturated carbocycles. The number of halogens is 1. The van der Waals surface area contributed by atoms with Gasteiger partial charge in [0, 0.05) is 22.9 Å². The fourth-order valence-corrected chi connectivity index (χ4v) is 3.73. The van der Waals surface area contributed by atoms with Crippen molar-refractivity contribution in [2.75, 3.05) is 18.6 Å². The summed E-state index contributed by atoms with van der Waals surface area (Å²) in [4.78, 5) is 42.6. The molecule has 29 heavy (non-hydrogen) atoms. The summed E-state index contributed by atoms with van der Waals surface area (Å²) in [7, 11) is 1.45. The lowest BCUT2D eigenvalue weighted by Gasteiger charge is -2.13. The average molecular weight is 462 g/mol. The molecule has 1 aliphatic carbocycles. The predicted octanol–water partition coefficient (Wildman–Crippen LogP) is 3.46. The summed E-state index contributed by atoms with van der Waals surface area (Å²) < 4.78 is 13.3. The van der Waals surface area contributed by atoms with Gasteiger partial charge in [-0.15, -0.1) is 0 Å². The second-order valence-electron chi connectivity index (χ2n) is 7.08. The third-order valence-corrected chi connectivity index (χ3v) is 5.92. The van der Waals surface area contributed by atoms with E-state index in [0.29, 0.717) is 5.58 Å². The molecule has 0 aliphatic heterocycles. The highest BCUT2D eigenvalue weighted by molar-refractivity contribution is 9.10. The topological polar surface area (TPSA) is 94.6 Å². The number of nitrogens with zero attached hydrogens (tertiary/aromatic N) is 3. The molecule has 0 spiro atoms. The standard InChI is InChI=1S/C20H20BrN3O5/c1-4-28-15(26)9-14(25)23(3)20-22-16-18(29-20)12-7-8-13(21)10(2)17(12)24(19(16)27)11-5-6-11/h7-8,11H,4-6,9H2,1-3H3. The van der Waals surface area contributed by atoms with E-state index in [0.717, 1.165) is 38.7 Å². The molecule has 1 fully saturated rings. The number of rotatable bonds is 5. The fourth-order valence-electron chi connectivity index (χ4n) is 3.41. The summed E-state index contributed by atoms with van der Waals surface area (Å²) >= 11 is 3.53. The van der Waals surface area contributed by atoms with Gasteiger partial charge < -0.3 is 13.7 Å². The van der Waals surface area contributed by atoms with Crippen LogP contribution in [0.1, 0.15) is 37.8 Å². The molecule has 8 nitrogen and oxygen atoms in total. The number of hydrogen-bond acceptors (Lipinski definition) is 6. The second-order valence-corrected chi connectivity index (χ2v) is 7.94. The van der Waals surface area contributed by atoms with Gasteiger partial charge in [-0.1, -0.05) is 15.9 Å². The zero-order chi connectivity index (χ0) is 20.9. The molecule has 4 rings (SSSR count). The van der Waals surface area contributed by atoms with Gasteiger partial charge in [0.2, 0.25) is 5.91 Å². The predicted molar refractivity (Wildman–Crippen MR) is 111 cm³/mol. The molecular formula is C20H20BrN3O5. The third-order valence-electron chi connectivity index (χ3n) is 5.06. The monoisotopic (exact) mass is 461 g/mol. The molecule has 2 aromatic heterocycles. The molecule has 0 saturated heterocycles. The van der Waals surface area contributed by atoms with Crippen LogP contribution in [0.3, 0.4) is 0 Å². The molecule has 0 bridgehead atoms. The molecule has 1 amide bonds. The largest absolute Gasteiger partial charge is 0.466 e. The first-order valence-corrected chi connectivity index (χ1v) is 10.2. The Balaban J connectivity index is 1.86. The Kier molecular flexibility index (Phi) is 4.94. The van der Waals surface area contributed by atoms with Crippen LogP contribution >= 0.6 is 15.9 Å². The van der Waals surface area contributed by atoms with E-state index in [1.807, 2.05) is 19.1 Å². The highest BCUT2D eigenvalue weighted by atomic mass is 79.9. The van der Waals surface area contributed by atoms with Crippen LogP contribution in [0, 0.1) is 6.92 Å². The number of benzene rings is 1. The highest BCUT2D eigenvalue weighted by Gasteiger charge is 2.31. The Morgan fingerprint density at radius 3 is 2.76 bits per heavy atom. The first kappa shape index (κ1) is 19.6. The van der Waals surface area contributed by atoms with Crippen molar-refractivity contribution in [2.45, 2.75) is 39.2 Å². The highest BCUT2D eigenvalue weighted by Crippen LogP contribution is 2.40. The number of carbonyl (C=O) groups excluding carboxylic acids is 2. The normalized spacial score (nSPS) is 13.8. The van der Waals surface area contributed by atoms with E-state index in [1.165, 1.54) is 7.05 Å². The molecule has 1 aromatic carbocycles. The van der Waals surface area contributed by atoms with E-state index in [2.05, 4.69) is 20.9 Å². The number of ether oxygens (including phenoxy) is 1. The summed E-state index contributed by atoms with van der Waals surface area (Å²) in [5.74, 6) is -1.15. The number of fused-ring (bicyclic) bond motifs is 3. The first-order valence-electron chi connectivity index (χ1n) is 9.39. The van der Waals surface area contributed by atoms with Crippen molar-refractivity contribution in [1.29, 1.82) is 0 Å². The van der Waals surface area contributed by atoms with Crippen molar-refractivity contribution >= 4 is 55.8 Å². The lowest BCUT2D eigenvalue weighted by molar-refractivity contribution is -0.145. The average Bonchev–Trinajstić information content (AvgIpc) is 3.41. The molecule has 1 aliphatic rings. The van der Waals surface area contributed by atoms with Crippen LogP contribution in [0.15, 0.2) is 25.8 Å². The van der Waals surface area contributed by atoms with Crippen molar-refractivity contribution in [3.8, 4) is 0 Å². The summed E-state index contributed by atoms with van der Waals surface area (Å²) in [5, 5.41) is 0.761. The maximum absolute atomic E-state index is 13.2. The summed E-state index contributed by atoms with van der Waals surface area (Å²) in [6.45, 7) is 3.81. The van der Waals surface area contributed by atoms with Gasteiger partial charge in [-0.3, -0.25) is 19.3 Å². The Hall–Kier alpha value is -2.68. The van der Waals surface area contributed by atoms with Gasteiger partial charge >= 0.3 is 12.0 Å². The lowest BCUT2D eigenvalue weighted by Crippen LogP contribution is -2.29. The quantitative estimate of drug-likeness (QED) is 0.426. The molecular weight excluding hydrogens is 442 g/mol. The Bertz CT molecular complexity index is 1210. The van der Waals surface area contributed by atoms with E-state index in [4.69, 9.17) is 9.15 Å². The number of amides is 1. The van der Waals surface area contributed by atoms with Crippen molar-refractivity contribution in [3.05, 3.63) is 32.5 Å². The summed E-state index contributed by atoms with van der Waals surface area (Å²) in [5.41, 5.74) is 2.03. The SMILES string of the molecule is CCOC(=O)CC(=O)N(C)c1nc2c(=O)n(C3CC3)c3c(C)c(Br)ccc3c2o1. The van der Waals surface area contributed by atoms with Crippen molar-refractivity contribution in [3.63, 3.8) is 0 Å². The van der Waals surface area contributed by atoms with E-state index in [1.54, 1.807) is 11.5 Å². The van der Waals surface area contributed by atoms with Crippen LogP contribution in [0.4, 0.5) is 6.01 Å². The van der Waals surface area contributed by atoms with Gasteiger partial charge in [-0.2, -0.15) is 4.98 Å². The van der Waals surface area contributed by atoms with Gasteiger partial charge in [-0.05, 0) is 44.4 Å². The molecule has 3 aromatic rings. The molecule has 2 heterocycles. The van der Waals surface area contributed by atoms with E-state index in [-0.39, 0.29) is 29.7 Å². The van der Waals surface area contributed by atoms with Crippen LogP contribution in [-0.4, -0.2) is 35.1 Å². The van der Waals surface area contributed by atoms with Crippen molar-refractivity contribution in [1.82, 2.24) is 9.55 Å². The maximum Gasteiger partial charge on any atom is 0.315 e. The molecule has 9 heteroatoms. The fraction of sp³-hybridized carbons (Fsp3) is 0.400. The number of aryl methyl sites for hydroxylation is 1. The Morgan fingerprint density at radius 1 is 1.38 bits per heavy atom. The van der Waals surface area contributed by atoms with Gasteiger partial charge in [0.25, 0.3) is 5.56 Å². The summed E-state index contributed by atoms with van der Waals surface area (Å²) in [6, 6.07) is 3.89. The number of pyridine rings is 1. The second kappa shape index (κ2) is 7.29. The minimum Gasteiger partial charge on any atom is -0.466 e. The summed E-state index contributed by atoms with van der Waals surface area (Å²) in [6.07, 6.45) is 1.45. The van der Waals surface area contributed by atoms with E-state index >= 15 is 0 Å². The van der Waals surface area contributed by atoms with Crippen LogP contribution in [0.5, 0.6) is 0 Å². The number of carbonyl (C=O) groups is 2. The van der Waals surface area contributed by atoms with Gasteiger partial charge in [0.05, 0.1) is 12.1 Å². The third kappa shape index (κ3) is 3.33. The Morgan fingerprint density at radius 2 is 2.10 bits per heavy atom.